The molecule has 0 radical (unpaired) electrons. The molecule has 0 spiro atoms. The highest BCUT2D eigenvalue weighted by Crippen LogP contribution is 2.20. The predicted molar refractivity (Wildman–Crippen MR) is 84.5 cm³/mol. The Morgan fingerprint density at radius 2 is 2.00 bits per heavy atom. The van der Waals surface area contributed by atoms with Gasteiger partial charge in [0.25, 0.3) is 0 Å². The van der Waals surface area contributed by atoms with E-state index in [0.29, 0.717) is 17.3 Å². The molecule has 0 amide bonds. The zero-order chi connectivity index (χ0) is 14.6. The Balaban J connectivity index is 2.19. The van der Waals surface area contributed by atoms with Crippen LogP contribution < -0.4 is 4.72 Å². The van der Waals surface area contributed by atoms with Gasteiger partial charge in [0.15, 0.2) is 0 Å². The number of sulfonamides is 1. The second-order valence-corrected chi connectivity index (χ2v) is 8.07. The molecule has 1 N–H and O–H groups in total. The fraction of sp³-hybridized carbons (Fsp3) is 0.357. The van der Waals surface area contributed by atoms with Crippen LogP contribution in [0.25, 0.3) is 10.9 Å². The monoisotopic (exact) mass is 310 g/mol. The summed E-state index contributed by atoms with van der Waals surface area (Å²) in [7, 11) is -3.51. The first-order chi connectivity index (χ1) is 9.50. The summed E-state index contributed by atoms with van der Waals surface area (Å²) >= 11 is 1.73. The van der Waals surface area contributed by atoms with Crippen molar-refractivity contribution in [3.05, 3.63) is 36.5 Å². The van der Waals surface area contributed by atoms with Crippen LogP contribution in [-0.4, -0.2) is 30.9 Å². The molecule has 108 valence electrons. The van der Waals surface area contributed by atoms with Gasteiger partial charge in [-0.2, -0.15) is 11.8 Å². The summed E-state index contributed by atoms with van der Waals surface area (Å²) in [6, 6.07) is 8.84. The number of fused-ring (bicyclic) bond motifs is 1. The van der Waals surface area contributed by atoms with Crippen LogP contribution in [0.3, 0.4) is 0 Å². The van der Waals surface area contributed by atoms with Gasteiger partial charge in [0, 0.05) is 23.9 Å². The number of aromatic nitrogens is 1. The number of hydrogen-bond acceptors (Lipinski definition) is 4. The molecule has 0 aliphatic rings. The van der Waals surface area contributed by atoms with E-state index in [9.17, 15) is 8.42 Å². The molecule has 0 atom stereocenters. The van der Waals surface area contributed by atoms with Crippen molar-refractivity contribution in [2.24, 2.45) is 0 Å². The molecule has 0 aliphatic carbocycles. The molecule has 0 aliphatic heterocycles. The molecule has 20 heavy (non-hydrogen) atoms. The van der Waals surface area contributed by atoms with Gasteiger partial charge in [-0.25, -0.2) is 13.1 Å². The van der Waals surface area contributed by atoms with Gasteiger partial charge < -0.3 is 0 Å². The van der Waals surface area contributed by atoms with E-state index in [-0.39, 0.29) is 4.90 Å². The van der Waals surface area contributed by atoms with Crippen LogP contribution in [0.15, 0.2) is 41.4 Å². The molecule has 0 bridgehead atoms. The van der Waals surface area contributed by atoms with Crippen LogP contribution in [-0.2, 0) is 10.0 Å². The quantitative estimate of drug-likeness (QED) is 0.833. The molecule has 0 saturated carbocycles. The van der Waals surface area contributed by atoms with Crippen LogP contribution in [0.1, 0.15) is 13.8 Å². The molecule has 1 aromatic heterocycles. The Morgan fingerprint density at radius 3 is 2.75 bits per heavy atom. The Bertz CT molecular complexity index is 679. The van der Waals surface area contributed by atoms with Crippen LogP contribution in [0.5, 0.6) is 0 Å². The van der Waals surface area contributed by atoms with Crippen molar-refractivity contribution in [1.82, 2.24) is 9.71 Å². The molecule has 4 nitrogen and oxygen atoms in total. The lowest BCUT2D eigenvalue weighted by molar-refractivity contribution is 0.585. The van der Waals surface area contributed by atoms with E-state index in [2.05, 4.69) is 23.6 Å². The SMILES string of the molecule is CC(C)SCCNS(=O)(=O)c1cccc2cccnc12. The van der Waals surface area contributed by atoms with E-state index in [4.69, 9.17) is 0 Å². The lowest BCUT2D eigenvalue weighted by Crippen LogP contribution is -2.26. The van der Waals surface area contributed by atoms with E-state index in [1.165, 1.54) is 0 Å². The van der Waals surface area contributed by atoms with Gasteiger partial charge in [-0.1, -0.05) is 32.0 Å². The van der Waals surface area contributed by atoms with E-state index in [0.717, 1.165) is 11.1 Å². The molecule has 2 aromatic rings. The minimum atomic E-state index is -3.51. The zero-order valence-corrected chi connectivity index (χ0v) is 13.2. The number of hydrogen-bond donors (Lipinski definition) is 1. The van der Waals surface area contributed by atoms with Crippen LogP contribution in [0, 0.1) is 0 Å². The molecule has 2 rings (SSSR count). The molecule has 0 unspecified atom stereocenters. The highest BCUT2D eigenvalue weighted by atomic mass is 32.2. The minimum absolute atomic E-state index is 0.241. The van der Waals surface area contributed by atoms with Crippen molar-refractivity contribution in [3.63, 3.8) is 0 Å². The third-order valence-corrected chi connectivity index (χ3v) is 5.33. The standard InChI is InChI=1S/C14H18N2O2S2/c1-11(2)19-10-9-16-20(17,18)13-7-3-5-12-6-4-8-15-14(12)13/h3-8,11,16H,9-10H2,1-2H3. The van der Waals surface area contributed by atoms with Crippen LogP contribution >= 0.6 is 11.8 Å². The fourth-order valence-corrected chi connectivity index (χ4v) is 3.87. The van der Waals surface area contributed by atoms with Gasteiger partial charge in [-0.05, 0) is 17.4 Å². The molecule has 0 fully saturated rings. The average Bonchev–Trinajstić information content (AvgIpc) is 2.43. The maximum Gasteiger partial charge on any atom is 0.242 e. The van der Waals surface area contributed by atoms with E-state index >= 15 is 0 Å². The highest BCUT2D eigenvalue weighted by Gasteiger charge is 2.17. The van der Waals surface area contributed by atoms with Crippen molar-refractivity contribution < 1.29 is 8.42 Å². The fourth-order valence-electron chi connectivity index (χ4n) is 1.84. The Morgan fingerprint density at radius 1 is 1.25 bits per heavy atom. The Kier molecular flexibility index (Phi) is 5.01. The number of pyridine rings is 1. The predicted octanol–water partition coefficient (Wildman–Crippen LogP) is 2.65. The molecular weight excluding hydrogens is 292 g/mol. The van der Waals surface area contributed by atoms with Gasteiger partial charge in [0.2, 0.25) is 10.0 Å². The molecule has 1 heterocycles. The molecule has 1 aromatic carbocycles. The number of thioether (sulfide) groups is 1. The number of benzene rings is 1. The van der Waals surface area contributed by atoms with Gasteiger partial charge >= 0.3 is 0 Å². The van der Waals surface area contributed by atoms with E-state index < -0.39 is 10.0 Å². The molecule has 0 saturated heterocycles. The first-order valence-electron chi connectivity index (χ1n) is 6.46. The summed E-state index contributed by atoms with van der Waals surface area (Å²) < 4.78 is 27.3. The van der Waals surface area contributed by atoms with Crippen LogP contribution in [0.2, 0.25) is 0 Å². The third-order valence-electron chi connectivity index (χ3n) is 2.73. The number of nitrogens with one attached hydrogen (secondary N) is 1. The second kappa shape index (κ2) is 6.56. The number of para-hydroxylation sites is 1. The summed E-state index contributed by atoms with van der Waals surface area (Å²) in [6.07, 6.45) is 1.61. The maximum absolute atomic E-state index is 12.3. The van der Waals surface area contributed by atoms with Crippen molar-refractivity contribution in [1.29, 1.82) is 0 Å². The largest absolute Gasteiger partial charge is 0.255 e. The van der Waals surface area contributed by atoms with Crippen molar-refractivity contribution in [2.45, 2.75) is 24.0 Å². The first kappa shape index (κ1) is 15.3. The lowest BCUT2D eigenvalue weighted by atomic mass is 10.2. The summed E-state index contributed by atoms with van der Waals surface area (Å²) in [6.45, 7) is 4.61. The van der Waals surface area contributed by atoms with Gasteiger partial charge in [-0.3, -0.25) is 4.98 Å². The van der Waals surface area contributed by atoms with Crippen molar-refractivity contribution in [3.8, 4) is 0 Å². The maximum atomic E-state index is 12.3. The van der Waals surface area contributed by atoms with Crippen molar-refractivity contribution in [2.75, 3.05) is 12.3 Å². The summed E-state index contributed by atoms with van der Waals surface area (Å²) in [5.74, 6) is 0.759. The summed E-state index contributed by atoms with van der Waals surface area (Å²) in [5, 5.41) is 1.32. The van der Waals surface area contributed by atoms with E-state index in [1.54, 1.807) is 36.2 Å². The minimum Gasteiger partial charge on any atom is -0.255 e. The normalized spacial score (nSPS) is 12.2. The number of nitrogens with zero attached hydrogens (tertiary/aromatic N) is 1. The zero-order valence-electron chi connectivity index (χ0n) is 11.5. The summed E-state index contributed by atoms with van der Waals surface area (Å²) in [4.78, 5) is 4.42. The van der Waals surface area contributed by atoms with Gasteiger partial charge in [0.05, 0.1) is 5.52 Å². The van der Waals surface area contributed by atoms with Crippen molar-refractivity contribution >= 4 is 32.7 Å². The lowest BCUT2D eigenvalue weighted by Gasteiger charge is -2.09. The number of rotatable bonds is 6. The first-order valence-corrected chi connectivity index (χ1v) is 8.99. The second-order valence-electron chi connectivity index (χ2n) is 4.65. The molecular formula is C14H18N2O2S2. The van der Waals surface area contributed by atoms with Crippen LogP contribution in [0.4, 0.5) is 0 Å². The smallest absolute Gasteiger partial charge is 0.242 e. The molecule has 6 heteroatoms. The third kappa shape index (κ3) is 3.71. The Labute approximate surface area is 124 Å². The van der Waals surface area contributed by atoms with Gasteiger partial charge in [-0.15, -0.1) is 0 Å². The topological polar surface area (TPSA) is 59.1 Å². The highest BCUT2D eigenvalue weighted by molar-refractivity contribution is 7.99. The van der Waals surface area contributed by atoms with Gasteiger partial charge in [0.1, 0.15) is 4.90 Å². The Hall–Kier alpha value is -1.11. The average molecular weight is 310 g/mol. The van der Waals surface area contributed by atoms with E-state index in [1.807, 2.05) is 12.1 Å². The summed E-state index contributed by atoms with van der Waals surface area (Å²) in [5.41, 5.74) is 0.513.